The molecule has 0 spiro atoms. The third kappa shape index (κ3) is 2.96. The lowest BCUT2D eigenvalue weighted by atomic mass is 10.2. The van der Waals surface area contributed by atoms with Crippen molar-refractivity contribution in [1.29, 1.82) is 0 Å². The van der Waals surface area contributed by atoms with Crippen molar-refractivity contribution in [3.8, 4) is 11.3 Å². The number of thiazole rings is 1. The van der Waals surface area contributed by atoms with Gasteiger partial charge in [0.05, 0.1) is 5.69 Å². The largest absolute Gasteiger partial charge is 0.339 e. The van der Waals surface area contributed by atoms with E-state index in [0.717, 1.165) is 10.5 Å². The number of fused-ring (bicyclic) bond motifs is 1. The van der Waals surface area contributed by atoms with Gasteiger partial charge in [-0.2, -0.15) is 0 Å². The lowest BCUT2D eigenvalue weighted by molar-refractivity contribution is -0.130. The van der Waals surface area contributed by atoms with Gasteiger partial charge in [-0.05, 0) is 24.3 Å². The van der Waals surface area contributed by atoms with Gasteiger partial charge in [-0.3, -0.25) is 14.0 Å². The van der Waals surface area contributed by atoms with Crippen molar-refractivity contribution in [1.82, 2.24) is 19.2 Å². The van der Waals surface area contributed by atoms with Gasteiger partial charge in [-0.15, -0.1) is 11.3 Å². The number of carbonyl (C=O) groups excluding carboxylic acids is 2. The first-order valence-electron chi connectivity index (χ1n) is 8.30. The van der Waals surface area contributed by atoms with Gasteiger partial charge >= 0.3 is 0 Å². The summed E-state index contributed by atoms with van der Waals surface area (Å²) in [5.74, 6) is -0.327. The molecule has 6 nitrogen and oxygen atoms in total. The summed E-state index contributed by atoms with van der Waals surface area (Å²) < 4.78 is 14.9. The van der Waals surface area contributed by atoms with E-state index in [1.807, 2.05) is 0 Å². The molecule has 0 radical (unpaired) electrons. The smallest absolute Gasteiger partial charge is 0.271 e. The second-order valence-electron chi connectivity index (χ2n) is 6.20. The number of hydrogen-bond acceptors (Lipinski definition) is 4. The Balaban J connectivity index is 1.58. The highest BCUT2D eigenvalue weighted by Gasteiger charge is 2.25. The van der Waals surface area contributed by atoms with E-state index in [-0.39, 0.29) is 17.6 Å². The van der Waals surface area contributed by atoms with E-state index >= 15 is 0 Å². The van der Waals surface area contributed by atoms with Crippen molar-refractivity contribution in [2.24, 2.45) is 0 Å². The van der Waals surface area contributed by atoms with Crippen LogP contribution in [0.5, 0.6) is 0 Å². The molecule has 8 heteroatoms. The van der Waals surface area contributed by atoms with E-state index in [2.05, 4.69) is 4.98 Å². The van der Waals surface area contributed by atoms with Crippen molar-refractivity contribution >= 4 is 28.1 Å². The summed E-state index contributed by atoms with van der Waals surface area (Å²) in [6, 6.07) is 6.13. The van der Waals surface area contributed by atoms with Crippen molar-refractivity contribution < 1.29 is 14.0 Å². The lowest BCUT2D eigenvalue weighted by Crippen LogP contribution is -2.50. The monoisotopic (exact) mass is 372 g/mol. The fourth-order valence-corrected chi connectivity index (χ4v) is 3.93. The Hall–Kier alpha value is -2.74. The molecule has 1 aliphatic heterocycles. The van der Waals surface area contributed by atoms with Crippen LogP contribution in [0.2, 0.25) is 0 Å². The number of aromatic nitrogens is 2. The summed E-state index contributed by atoms with van der Waals surface area (Å²) >= 11 is 1.40. The second kappa shape index (κ2) is 6.53. The minimum Gasteiger partial charge on any atom is -0.339 e. The Morgan fingerprint density at radius 3 is 2.38 bits per heavy atom. The highest BCUT2D eigenvalue weighted by atomic mass is 32.1. The van der Waals surface area contributed by atoms with E-state index in [1.165, 1.54) is 23.5 Å². The van der Waals surface area contributed by atoms with E-state index in [0.29, 0.717) is 37.6 Å². The topological polar surface area (TPSA) is 57.9 Å². The number of imidazole rings is 1. The van der Waals surface area contributed by atoms with Crippen molar-refractivity contribution in [3.05, 3.63) is 47.4 Å². The first-order valence-corrected chi connectivity index (χ1v) is 9.18. The molecule has 0 aliphatic carbocycles. The zero-order valence-electron chi connectivity index (χ0n) is 14.2. The summed E-state index contributed by atoms with van der Waals surface area (Å²) in [6.45, 7) is 3.70. The highest BCUT2D eigenvalue weighted by molar-refractivity contribution is 7.15. The Bertz CT molecular complexity index is 971. The van der Waals surface area contributed by atoms with Crippen LogP contribution in [-0.4, -0.2) is 57.2 Å². The minimum atomic E-state index is -0.296. The Labute approximate surface area is 153 Å². The van der Waals surface area contributed by atoms with Crippen molar-refractivity contribution in [3.63, 3.8) is 0 Å². The van der Waals surface area contributed by atoms with Crippen LogP contribution < -0.4 is 0 Å². The molecule has 0 unspecified atom stereocenters. The summed E-state index contributed by atoms with van der Waals surface area (Å²) in [7, 11) is 0. The maximum absolute atomic E-state index is 13.1. The molecule has 0 atom stereocenters. The highest BCUT2D eigenvalue weighted by Crippen LogP contribution is 2.25. The predicted octanol–water partition coefficient (Wildman–Crippen LogP) is 2.51. The third-order valence-electron chi connectivity index (χ3n) is 4.58. The number of rotatable bonds is 2. The Morgan fingerprint density at radius 2 is 1.73 bits per heavy atom. The van der Waals surface area contributed by atoms with E-state index in [4.69, 9.17) is 0 Å². The first-order chi connectivity index (χ1) is 12.5. The van der Waals surface area contributed by atoms with Crippen LogP contribution in [0.3, 0.4) is 0 Å². The van der Waals surface area contributed by atoms with Crippen LogP contribution in [0.25, 0.3) is 16.2 Å². The molecule has 0 N–H and O–H groups in total. The van der Waals surface area contributed by atoms with Gasteiger partial charge in [-0.1, -0.05) is 0 Å². The van der Waals surface area contributed by atoms with Crippen LogP contribution in [0, 0.1) is 5.82 Å². The number of carbonyl (C=O) groups is 2. The molecule has 1 aromatic carbocycles. The second-order valence-corrected chi connectivity index (χ2v) is 7.04. The van der Waals surface area contributed by atoms with Crippen LogP contribution in [0.4, 0.5) is 4.39 Å². The zero-order valence-corrected chi connectivity index (χ0v) is 15.0. The molecule has 2 aromatic heterocycles. The van der Waals surface area contributed by atoms with Gasteiger partial charge in [0, 0.05) is 50.2 Å². The molecule has 0 saturated carbocycles. The average molecular weight is 372 g/mol. The number of hydrogen-bond donors (Lipinski definition) is 0. The van der Waals surface area contributed by atoms with Crippen LogP contribution in [-0.2, 0) is 4.79 Å². The van der Waals surface area contributed by atoms with Crippen molar-refractivity contribution in [2.45, 2.75) is 6.92 Å². The maximum Gasteiger partial charge on any atom is 0.271 e. The summed E-state index contributed by atoms with van der Waals surface area (Å²) in [6.07, 6.45) is 1.80. The van der Waals surface area contributed by atoms with E-state index in [9.17, 15) is 14.0 Å². The number of amides is 2. The van der Waals surface area contributed by atoms with E-state index < -0.39 is 0 Å². The fourth-order valence-electron chi connectivity index (χ4n) is 3.08. The molecular formula is C18H17FN4O2S. The number of piperazine rings is 1. The van der Waals surface area contributed by atoms with E-state index in [1.54, 1.807) is 44.8 Å². The standard InChI is InChI=1S/C18H17FN4O2S/c1-12(24)21-6-8-22(9-7-21)17(25)16-11-26-18-20-15(10-23(16)18)13-2-4-14(19)5-3-13/h2-5,10-11H,6-9H2,1H3. The van der Waals surface area contributed by atoms with Crippen LogP contribution >= 0.6 is 11.3 Å². The molecule has 1 saturated heterocycles. The number of halogens is 1. The molecule has 3 heterocycles. The predicted molar refractivity (Wildman–Crippen MR) is 96.6 cm³/mol. The van der Waals surface area contributed by atoms with Crippen LogP contribution in [0.15, 0.2) is 35.8 Å². The van der Waals surface area contributed by atoms with Gasteiger partial charge in [0.2, 0.25) is 5.91 Å². The van der Waals surface area contributed by atoms with Gasteiger partial charge in [0.25, 0.3) is 5.91 Å². The lowest BCUT2D eigenvalue weighted by Gasteiger charge is -2.34. The molecule has 1 aliphatic rings. The Morgan fingerprint density at radius 1 is 1.08 bits per heavy atom. The van der Waals surface area contributed by atoms with Gasteiger partial charge in [0.15, 0.2) is 4.96 Å². The molecule has 4 rings (SSSR count). The molecule has 1 fully saturated rings. The van der Waals surface area contributed by atoms with Gasteiger partial charge in [0.1, 0.15) is 11.5 Å². The molecule has 2 amide bonds. The number of nitrogens with zero attached hydrogens (tertiary/aromatic N) is 4. The zero-order chi connectivity index (χ0) is 18.3. The maximum atomic E-state index is 13.1. The molecule has 3 aromatic rings. The van der Waals surface area contributed by atoms with Crippen LogP contribution in [0.1, 0.15) is 17.4 Å². The molecule has 26 heavy (non-hydrogen) atoms. The molecule has 0 bridgehead atoms. The minimum absolute atomic E-state index is 0.0357. The number of benzene rings is 1. The molecular weight excluding hydrogens is 355 g/mol. The summed E-state index contributed by atoms with van der Waals surface area (Å²) in [5, 5.41) is 1.80. The third-order valence-corrected chi connectivity index (χ3v) is 5.42. The quantitative estimate of drug-likeness (QED) is 0.695. The Kier molecular flexibility index (Phi) is 4.20. The average Bonchev–Trinajstić information content (AvgIpc) is 3.22. The van der Waals surface area contributed by atoms with Gasteiger partial charge < -0.3 is 9.80 Å². The van der Waals surface area contributed by atoms with Gasteiger partial charge in [-0.25, -0.2) is 9.37 Å². The summed E-state index contributed by atoms with van der Waals surface area (Å²) in [4.78, 5) is 33.1. The SMILES string of the molecule is CC(=O)N1CCN(C(=O)c2csc3nc(-c4ccc(F)cc4)cn23)CC1. The fraction of sp³-hybridized carbons (Fsp3) is 0.278. The first kappa shape index (κ1) is 16.7. The summed E-state index contributed by atoms with van der Waals surface area (Å²) in [5.41, 5.74) is 2.06. The van der Waals surface area contributed by atoms with Crippen molar-refractivity contribution in [2.75, 3.05) is 26.2 Å². The molecule has 134 valence electrons. The normalized spacial score (nSPS) is 14.8.